The Bertz CT molecular complexity index is 448. The predicted molar refractivity (Wildman–Crippen MR) is 93.9 cm³/mol. The highest BCUT2D eigenvalue weighted by Gasteiger charge is 1.97. The minimum atomic E-state index is 0.635. The van der Waals surface area contributed by atoms with Crippen LogP contribution in [0.4, 0.5) is 0 Å². The fraction of sp³-hybridized carbons (Fsp3) is 0.400. The van der Waals surface area contributed by atoms with Gasteiger partial charge in [0.15, 0.2) is 0 Å². The summed E-state index contributed by atoms with van der Waals surface area (Å²) in [5.41, 5.74) is 2.55. The Labute approximate surface area is 131 Å². The highest BCUT2D eigenvalue weighted by atomic mass is 16.5. The average molecular weight is 286 g/mol. The van der Waals surface area contributed by atoms with Crippen LogP contribution in [-0.4, -0.2) is 0 Å². The third kappa shape index (κ3) is 8.19. The molecule has 0 heterocycles. The number of hydrogen-bond acceptors (Lipinski definition) is 1. The fourth-order valence-corrected chi connectivity index (χ4v) is 1.82. The molecule has 0 saturated heterocycles. The average Bonchev–Trinajstić information content (AvgIpc) is 2.58. The van der Waals surface area contributed by atoms with E-state index in [0.29, 0.717) is 6.61 Å². The summed E-state index contributed by atoms with van der Waals surface area (Å²) >= 11 is 0. The second kappa shape index (κ2) is 13.2. The fourth-order valence-electron chi connectivity index (χ4n) is 1.82. The molecule has 116 valence electrons. The zero-order valence-corrected chi connectivity index (χ0v) is 14.2. The predicted octanol–water partition coefficient (Wildman–Crippen LogP) is 6.27. The van der Waals surface area contributed by atoms with E-state index in [-0.39, 0.29) is 0 Å². The summed E-state index contributed by atoms with van der Waals surface area (Å²) in [6.45, 7) is 10.8. The van der Waals surface area contributed by atoms with Gasteiger partial charge in [0.05, 0.1) is 0 Å². The largest absolute Gasteiger partial charge is 0.489 e. The first-order chi connectivity index (χ1) is 10.4. The molecule has 0 amide bonds. The Morgan fingerprint density at radius 1 is 0.762 bits per heavy atom. The molecule has 2 aromatic carbocycles. The molecule has 21 heavy (non-hydrogen) atoms. The van der Waals surface area contributed by atoms with Crippen LogP contribution < -0.4 is 4.74 Å². The Morgan fingerprint density at radius 3 is 2.00 bits per heavy atom. The van der Waals surface area contributed by atoms with Gasteiger partial charge in [-0.15, -0.1) is 0 Å². The van der Waals surface area contributed by atoms with Crippen molar-refractivity contribution in [2.45, 2.75) is 54.1 Å². The molecule has 0 radical (unpaired) electrons. The maximum absolute atomic E-state index is 5.78. The van der Waals surface area contributed by atoms with Crippen molar-refractivity contribution in [3.63, 3.8) is 0 Å². The van der Waals surface area contributed by atoms with E-state index < -0.39 is 0 Å². The van der Waals surface area contributed by atoms with Gasteiger partial charge >= 0.3 is 0 Å². The Kier molecular flexibility index (Phi) is 12.1. The third-order valence-electron chi connectivity index (χ3n) is 2.69. The van der Waals surface area contributed by atoms with Crippen molar-refractivity contribution in [2.75, 3.05) is 0 Å². The van der Waals surface area contributed by atoms with E-state index in [4.69, 9.17) is 4.74 Å². The van der Waals surface area contributed by atoms with Gasteiger partial charge in [0, 0.05) is 0 Å². The van der Waals surface area contributed by atoms with Gasteiger partial charge in [0.25, 0.3) is 0 Å². The Hall–Kier alpha value is -1.76. The van der Waals surface area contributed by atoms with Crippen molar-refractivity contribution < 1.29 is 4.74 Å². The van der Waals surface area contributed by atoms with Crippen molar-refractivity contribution in [2.24, 2.45) is 0 Å². The van der Waals surface area contributed by atoms with Crippen LogP contribution in [0.5, 0.6) is 5.75 Å². The molecule has 2 rings (SSSR count). The molecule has 1 nitrogen and oxygen atoms in total. The molecule has 2 aromatic rings. The van der Waals surface area contributed by atoms with Gasteiger partial charge in [0.2, 0.25) is 0 Å². The van der Waals surface area contributed by atoms with Crippen LogP contribution in [0.25, 0.3) is 0 Å². The molecular weight excluding hydrogens is 256 g/mol. The Balaban J connectivity index is 0.000000921. The molecule has 0 saturated carbocycles. The monoisotopic (exact) mass is 286 g/mol. The normalized spacial score (nSPS) is 8.81. The van der Waals surface area contributed by atoms with E-state index in [1.54, 1.807) is 0 Å². The van der Waals surface area contributed by atoms with Crippen LogP contribution in [0.1, 0.15) is 52.2 Å². The number of aryl methyl sites for hydroxylation is 1. The molecule has 1 heteroatoms. The lowest BCUT2D eigenvalue weighted by Crippen LogP contribution is -1.95. The SMILES string of the molecule is CC.CC.CCCc1cccc(OCc2ccccc2)c1. The molecule has 0 aliphatic carbocycles. The summed E-state index contributed by atoms with van der Waals surface area (Å²) in [6.07, 6.45) is 2.28. The van der Waals surface area contributed by atoms with Gasteiger partial charge in [-0.2, -0.15) is 0 Å². The standard InChI is InChI=1S/C16H18O.2C2H6/c1-2-7-14-10-6-11-16(12-14)17-13-15-8-4-3-5-9-15;2*1-2/h3-6,8-12H,2,7,13H2,1H3;2*1-2H3. The lowest BCUT2D eigenvalue weighted by Gasteiger charge is -2.07. The van der Waals surface area contributed by atoms with Gasteiger partial charge < -0.3 is 4.74 Å². The second-order valence-corrected chi connectivity index (χ2v) is 4.17. The van der Waals surface area contributed by atoms with Gasteiger partial charge in [-0.25, -0.2) is 0 Å². The highest BCUT2D eigenvalue weighted by molar-refractivity contribution is 5.29. The minimum absolute atomic E-state index is 0.635. The van der Waals surface area contributed by atoms with E-state index in [1.807, 2.05) is 52.0 Å². The van der Waals surface area contributed by atoms with E-state index in [9.17, 15) is 0 Å². The number of hydrogen-bond donors (Lipinski definition) is 0. The molecule has 0 bridgehead atoms. The molecule has 0 aromatic heterocycles. The molecule has 0 unspecified atom stereocenters. The van der Waals surface area contributed by atoms with E-state index in [1.165, 1.54) is 17.5 Å². The lowest BCUT2D eigenvalue weighted by atomic mass is 10.1. The molecule has 0 N–H and O–H groups in total. The summed E-state index contributed by atoms with van der Waals surface area (Å²) in [6, 6.07) is 18.6. The quantitative estimate of drug-likeness (QED) is 0.629. The summed E-state index contributed by atoms with van der Waals surface area (Å²) in [5.74, 6) is 0.958. The van der Waals surface area contributed by atoms with Crippen LogP contribution in [-0.2, 0) is 13.0 Å². The molecule has 0 aliphatic rings. The van der Waals surface area contributed by atoms with Gasteiger partial charge in [-0.1, -0.05) is 83.5 Å². The molecule has 0 atom stereocenters. The lowest BCUT2D eigenvalue weighted by molar-refractivity contribution is 0.306. The van der Waals surface area contributed by atoms with E-state index in [2.05, 4.69) is 37.3 Å². The zero-order valence-electron chi connectivity index (χ0n) is 14.2. The number of ether oxygens (including phenoxy) is 1. The smallest absolute Gasteiger partial charge is 0.120 e. The summed E-state index contributed by atoms with van der Waals surface area (Å²) in [4.78, 5) is 0. The van der Waals surface area contributed by atoms with Crippen LogP contribution in [0, 0.1) is 0 Å². The van der Waals surface area contributed by atoms with Gasteiger partial charge in [-0.3, -0.25) is 0 Å². The molecule has 0 aliphatic heterocycles. The van der Waals surface area contributed by atoms with E-state index in [0.717, 1.165) is 12.2 Å². The van der Waals surface area contributed by atoms with Crippen molar-refractivity contribution >= 4 is 0 Å². The zero-order chi connectivity index (χ0) is 15.9. The summed E-state index contributed by atoms with van der Waals surface area (Å²) < 4.78 is 5.78. The minimum Gasteiger partial charge on any atom is -0.489 e. The summed E-state index contributed by atoms with van der Waals surface area (Å²) in [5, 5.41) is 0. The first kappa shape index (κ1) is 19.2. The van der Waals surface area contributed by atoms with Crippen LogP contribution in [0.2, 0.25) is 0 Å². The molecular formula is C20H30O. The maximum Gasteiger partial charge on any atom is 0.120 e. The number of benzene rings is 2. The maximum atomic E-state index is 5.78. The second-order valence-electron chi connectivity index (χ2n) is 4.17. The highest BCUT2D eigenvalue weighted by Crippen LogP contribution is 2.16. The number of rotatable bonds is 5. The van der Waals surface area contributed by atoms with Crippen molar-refractivity contribution in [3.05, 3.63) is 65.7 Å². The van der Waals surface area contributed by atoms with Crippen LogP contribution >= 0.6 is 0 Å². The van der Waals surface area contributed by atoms with Crippen molar-refractivity contribution in [1.82, 2.24) is 0 Å². The van der Waals surface area contributed by atoms with Crippen molar-refractivity contribution in [1.29, 1.82) is 0 Å². The van der Waals surface area contributed by atoms with Crippen molar-refractivity contribution in [3.8, 4) is 5.75 Å². The molecule has 0 spiro atoms. The van der Waals surface area contributed by atoms with Gasteiger partial charge in [-0.05, 0) is 29.7 Å². The first-order valence-corrected chi connectivity index (χ1v) is 8.14. The van der Waals surface area contributed by atoms with Gasteiger partial charge in [0.1, 0.15) is 12.4 Å². The van der Waals surface area contributed by atoms with Crippen LogP contribution in [0.15, 0.2) is 54.6 Å². The summed E-state index contributed by atoms with van der Waals surface area (Å²) in [7, 11) is 0. The first-order valence-electron chi connectivity index (χ1n) is 8.14. The van der Waals surface area contributed by atoms with E-state index >= 15 is 0 Å². The topological polar surface area (TPSA) is 9.23 Å². The molecule has 0 fully saturated rings. The Morgan fingerprint density at radius 2 is 1.38 bits per heavy atom. The third-order valence-corrected chi connectivity index (χ3v) is 2.69. The van der Waals surface area contributed by atoms with Crippen LogP contribution in [0.3, 0.4) is 0 Å².